The quantitative estimate of drug-likeness (QED) is 0.280. The monoisotopic (exact) mass is 273 g/mol. The van der Waals surface area contributed by atoms with Crippen molar-refractivity contribution in [1.82, 2.24) is 0 Å². The molecule has 2 atom stereocenters. The smallest absolute Gasteiger partial charge is 0.0748 e. The molecule has 108 valence electrons. The summed E-state index contributed by atoms with van der Waals surface area (Å²) in [5.41, 5.74) is 0. The summed E-state index contributed by atoms with van der Waals surface area (Å²) < 4.78 is 12.0. The van der Waals surface area contributed by atoms with Gasteiger partial charge in [0.25, 0.3) is 0 Å². The molecule has 0 bridgehead atoms. The van der Waals surface area contributed by atoms with Crippen molar-refractivity contribution in [2.45, 2.75) is 85.0 Å². The van der Waals surface area contributed by atoms with Gasteiger partial charge < -0.3 is 0 Å². The topological polar surface area (TPSA) is 17.1 Å². The Bertz CT molecular complexity index is 192. The van der Waals surface area contributed by atoms with Gasteiger partial charge >= 0.3 is 7.80 Å². The third kappa shape index (κ3) is 11.2. The zero-order chi connectivity index (χ0) is 13.6. The molecule has 18 heavy (non-hydrogen) atoms. The molecule has 0 saturated heterocycles. The van der Waals surface area contributed by atoms with Crippen molar-refractivity contribution < 1.29 is 4.57 Å². The van der Waals surface area contributed by atoms with E-state index in [1.165, 1.54) is 64.2 Å². The fourth-order valence-electron chi connectivity index (χ4n) is 2.37. The van der Waals surface area contributed by atoms with E-state index in [-0.39, 0.29) is 0 Å². The standard InChI is InChI=1S/C16H34OP/c1-4-7-9-10-11-12-14-18(17)15-16(6-3)13-8-5-2/h16H,4-15H2,1-3H3/q+1. The molecule has 0 radical (unpaired) electrons. The minimum atomic E-state index is -0.917. The number of hydrogen-bond donors (Lipinski definition) is 0. The minimum Gasteiger partial charge on any atom is -0.0748 e. The van der Waals surface area contributed by atoms with Crippen LogP contribution in [0.1, 0.15) is 85.0 Å². The number of unbranched alkanes of at least 4 members (excludes halogenated alkanes) is 6. The first-order valence-corrected chi connectivity index (χ1v) is 9.79. The molecule has 2 heteroatoms. The van der Waals surface area contributed by atoms with Crippen LogP contribution in [0.25, 0.3) is 0 Å². The van der Waals surface area contributed by atoms with E-state index in [0.29, 0.717) is 5.92 Å². The molecule has 0 amide bonds. The third-order valence-electron chi connectivity index (χ3n) is 3.77. The van der Waals surface area contributed by atoms with Crippen LogP contribution in [0.2, 0.25) is 0 Å². The van der Waals surface area contributed by atoms with E-state index in [4.69, 9.17) is 0 Å². The van der Waals surface area contributed by atoms with Gasteiger partial charge in [-0.3, -0.25) is 0 Å². The maximum atomic E-state index is 12.0. The first-order chi connectivity index (χ1) is 8.74. The van der Waals surface area contributed by atoms with E-state index >= 15 is 0 Å². The molecule has 0 saturated carbocycles. The van der Waals surface area contributed by atoms with Crippen molar-refractivity contribution in [3.05, 3.63) is 0 Å². The normalized spacial score (nSPS) is 13.6. The van der Waals surface area contributed by atoms with Gasteiger partial charge in [0.2, 0.25) is 0 Å². The van der Waals surface area contributed by atoms with Gasteiger partial charge in [-0.2, -0.15) is 0 Å². The highest BCUT2D eigenvalue weighted by Crippen LogP contribution is 2.29. The van der Waals surface area contributed by atoms with Crippen LogP contribution in [0.15, 0.2) is 0 Å². The summed E-state index contributed by atoms with van der Waals surface area (Å²) in [6, 6.07) is 0. The lowest BCUT2D eigenvalue weighted by Gasteiger charge is -2.07. The van der Waals surface area contributed by atoms with E-state index < -0.39 is 7.80 Å². The van der Waals surface area contributed by atoms with Crippen LogP contribution in [-0.4, -0.2) is 12.3 Å². The summed E-state index contributed by atoms with van der Waals surface area (Å²) in [6.45, 7) is 6.73. The van der Waals surface area contributed by atoms with Crippen LogP contribution in [0, 0.1) is 5.92 Å². The Hall–Kier alpha value is 0.100. The maximum absolute atomic E-state index is 12.0. The fourth-order valence-corrected chi connectivity index (χ4v) is 4.14. The number of hydrogen-bond acceptors (Lipinski definition) is 1. The van der Waals surface area contributed by atoms with Crippen LogP contribution in [0.3, 0.4) is 0 Å². The van der Waals surface area contributed by atoms with Crippen LogP contribution in [-0.2, 0) is 4.57 Å². The Balaban J connectivity index is 3.50. The molecule has 0 heterocycles. The molecule has 0 aliphatic heterocycles. The van der Waals surface area contributed by atoms with Gasteiger partial charge in [-0.1, -0.05) is 63.9 Å². The zero-order valence-corrected chi connectivity index (χ0v) is 13.8. The molecule has 0 aliphatic carbocycles. The summed E-state index contributed by atoms with van der Waals surface area (Å²) in [4.78, 5) is 0. The van der Waals surface area contributed by atoms with Gasteiger partial charge in [-0.25, -0.2) is 0 Å². The first kappa shape index (κ1) is 18.1. The van der Waals surface area contributed by atoms with Crippen LogP contribution >= 0.6 is 7.80 Å². The zero-order valence-electron chi connectivity index (χ0n) is 12.9. The van der Waals surface area contributed by atoms with E-state index in [0.717, 1.165) is 12.3 Å². The second-order valence-corrected chi connectivity index (χ2v) is 7.35. The molecule has 0 fully saturated rings. The Kier molecular flexibility index (Phi) is 13.6. The Morgan fingerprint density at radius 3 is 2.06 bits per heavy atom. The molecular weight excluding hydrogens is 239 g/mol. The molecule has 0 aromatic rings. The summed E-state index contributed by atoms with van der Waals surface area (Å²) >= 11 is 0. The van der Waals surface area contributed by atoms with Gasteiger partial charge in [-0.15, -0.1) is 0 Å². The van der Waals surface area contributed by atoms with Gasteiger partial charge in [0.05, 0.1) is 0 Å². The average molecular weight is 273 g/mol. The predicted molar refractivity (Wildman–Crippen MR) is 84.0 cm³/mol. The van der Waals surface area contributed by atoms with E-state index in [1.54, 1.807) is 0 Å². The van der Waals surface area contributed by atoms with Gasteiger partial charge in [0, 0.05) is 5.92 Å². The lowest BCUT2D eigenvalue weighted by atomic mass is 10.0. The van der Waals surface area contributed by atoms with Crippen LogP contribution < -0.4 is 0 Å². The molecule has 2 unspecified atom stereocenters. The highest BCUT2D eigenvalue weighted by molar-refractivity contribution is 7.44. The van der Waals surface area contributed by atoms with E-state index in [1.807, 2.05) is 0 Å². The number of rotatable bonds is 13. The van der Waals surface area contributed by atoms with Gasteiger partial charge in [0.1, 0.15) is 12.3 Å². The predicted octanol–water partition coefficient (Wildman–Crippen LogP) is 6.39. The maximum Gasteiger partial charge on any atom is 0.338 e. The van der Waals surface area contributed by atoms with Crippen molar-refractivity contribution in [2.24, 2.45) is 5.92 Å². The lowest BCUT2D eigenvalue weighted by molar-refractivity contribution is 0.487. The Labute approximate surface area is 116 Å². The van der Waals surface area contributed by atoms with E-state index in [2.05, 4.69) is 20.8 Å². The molecule has 0 rings (SSSR count). The van der Waals surface area contributed by atoms with Crippen molar-refractivity contribution in [2.75, 3.05) is 12.3 Å². The molecule has 0 aromatic carbocycles. The SMILES string of the molecule is CCCCCCCC[P+](=O)CC(CC)CCCC. The minimum absolute atomic E-state index is 0.716. The van der Waals surface area contributed by atoms with Crippen molar-refractivity contribution in [1.29, 1.82) is 0 Å². The molecular formula is C16H34OP+. The summed E-state index contributed by atoms with van der Waals surface area (Å²) in [7, 11) is -0.917. The van der Waals surface area contributed by atoms with Gasteiger partial charge in [0.15, 0.2) is 0 Å². The average Bonchev–Trinajstić information content (AvgIpc) is 2.38. The van der Waals surface area contributed by atoms with Crippen LogP contribution in [0.4, 0.5) is 0 Å². The highest BCUT2D eigenvalue weighted by atomic mass is 31.1. The van der Waals surface area contributed by atoms with Crippen molar-refractivity contribution in [3.63, 3.8) is 0 Å². The van der Waals surface area contributed by atoms with Crippen molar-refractivity contribution in [3.8, 4) is 0 Å². The molecule has 0 spiro atoms. The summed E-state index contributed by atoms with van der Waals surface area (Å²) in [5, 5.41) is 0. The third-order valence-corrected chi connectivity index (χ3v) is 5.50. The molecule has 0 aliphatic rings. The molecule has 1 nitrogen and oxygen atoms in total. The van der Waals surface area contributed by atoms with E-state index in [9.17, 15) is 4.57 Å². The van der Waals surface area contributed by atoms with Crippen molar-refractivity contribution >= 4 is 7.80 Å². The molecule has 0 N–H and O–H groups in total. The summed E-state index contributed by atoms with van der Waals surface area (Å²) in [5.74, 6) is 0.716. The second kappa shape index (κ2) is 13.5. The second-order valence-electron chi connectivity index (χ2n) is 5.57. The highest BCUT2D eigenvalue weighted by Gasteiger charge is 2.20. The fraction of sp³-hybridized carbons (Fsp3) is 1.00. The first-order valence-electron chi connectivity index (χ1n) is 8.16. The summed E-state index contributed by atoms with van der Waals surface area (Å²) in [6.07, 6.45) is 14.9. The lowest BCUT2D eigenvalue weighted by Crippen LogP contribution is -2.03. The Morgan fingerprint density at radius 2 is 1.44 bits per heavy atom. The largest absolute Gasteiger partial charge is 0.338 e. The Morgan fingerprint density at radius 1 is 0.833 bits per heavy atom. The molecule has 0 aromatic heterocycles. The van der Waals surface area contributed by atoms with Crippen LogP contribution in [0.5, 0.6) is 0 Å². The van der Waals surface area contributed by atoms with Gasteiger partial charge in [-0.05, 0) is 25.7 Å².